The zero-order valence-electron chi connectivity index (χ0n) is 10.4. The second-order valence-electron chi connectivity index (χ2n) is 5.11. The molecule has 1 fully saturated rings. The normalized spacial score (nSPS) is 30.1. The third-order valence-corrected chi connectivity index (χ3v) is 3.74. The van der Waals surface area contributed by atoms with E-state index in [1.165, 1.54) is 18.4 Å². The van der Waals surface area contributed by atoms with E-state index >= 15 is 0 Å². The number of piperidine rings is 1. The van der Waals surface area contributed by atoms with Crippen LogP contribution in [0.2, 0.25) is 0 Å². The van der Waals surface area contributed by atoms with Crippen LogP contribution in [0.1, 0.15) is 32.3 Å². The first kappa shape index (κ1) is 11.5. The molecule has 1 heterocycles. The standard InChI is InChI=1S/C14H21NO/c1-11-7-8-14(2,10-15-11)12-5-4-6-13(9-12)16-3/h4-6,9,11,15H,7-8,10H2,1-3H3/t11-,14-/m1/s1. The molecule has 0 amide bonds. The third-order valence-electron chi connectivity index (χ3n) is 3.74. The topological polar surface area (TPSA) is 21.3 Å². The lowest BCUT2D eigenvalue weighted by molar-refractivity contribution is 0.291. The summed E-state index contributed by atoms with van der Waals surface area (Å²) in [5.41, 5.74) is 1.63. The van der Waals surface area contributed by atoms with Crippen molar-refractivity contribution < 1.29 is 4.74 Å². The van der Waals surface area contributed by atoms with Gasteiger partial charge < -0.3 is 10.1 Å². The molecule has 16 heavy (non-hydrogen) atoms. The van der Waals surface area contributed by atoms with Crippen LogP contribution in [0.25, 0.3) is 0 Å². The number of methoxy groups -OCH3 is 1. The average molecular weight is 219 g/mol. The van der Waals surface area contributed by atoms with E-state index in [-0.39, 0.29) is 5.41 Å². The monoisotopic (exact) mass is 219 g/mol. The minimum atomic E-state index is 0.251. The van der Waals surface area contributed by atoms with E-state index in [1.54, 1.807) is 7.11 Å². The number of hydrogen-bond donors (Lipinski definition) is 1. The first-order chi connectivity index (χ1) is 7.64. The lowest BCUT2D eigenvalue weighted by atomic mass is 9.75. The van der Waals surface area contributed by atoms with Crippen molar-refractivity contribution in [2.45, 2.75) is 38.1 Å². The van der Waals surface area contributed by atoms with Gasteiger partial charge >= 0.3 is 0 Å². The summed E-state index contributed by atoms with van der Waals surface area (Å²) in [4.78, 5) is 0. The molecule has 2 rings (SSSR count). The molecule has 1 N–H and O–H groups in total. The molecule has 0 bridgehead atoms. The van der Waals surface area contributed by atoms with Gasteiger partial charge in [0.15, 0.2) is 0 Å². The van der Waals surface area contributed by atoms with Crippen LogP contribution in [-0.4, -0.2) is 19.7 Å². The quantitative estimate of drug-likeness (QED) is 0.825. The van der Waals surface area contributed by atoms with Gasteiger partial charge in [0.25, 0.3) is 0 Å². The summed E-state index contributed by atoms with van der Waals surface area (Å²) < 4.78 is 5.29. The molecule has 2 heteroatoms. The van der Waals surface area contributed by atoms with Crippen molar-refractivity contribution in [3.8, 4) is 5.75 Å². The highest BCUT2D eigenvalue weighted by molar-refractivity contribution is 5.34. The Hall–Kier alpha value is -1.02. The maximum Gasteiger partial charge on any atom is 0.119 e. The Morgan fingerprint density at radius 1 is 1.44 bits per heavy atom. The van der Waals surface area contributed by atoms with Crippen molar-refractivity contribution in [1.29, 1.82) is 0 Å². The molecule has 1 aliphatic rings. The molecule has 1 aromatic rings. The molecule has 2 nitrogen and oxygen atoms in total. The van der Waals surface area contributed by atoms with Crippen molar-refractivity contribution in [1.82, 2.24) is 5.32 Å². The van der Waals surface area contributed by atoms with Gasteiger partial charge in [0, 0.05) is 18.0 Å². The molecular formula is C14H21NO. The van der Waals surface area contributed by atoms with Crippen LogP contribution >= 0.6 is 0 Å². The van der Waals surface area contributed by atoms with E-state index in [9.17, 15) is 0 Å². The third kappa shape index (κ3) is 2.22. The fraction of sp³-hybridized carbons (Fsp3) is 0.571. The summed E-state index contributed by atoms with van der Waals surface area (Å²) in [5, 5.41) is 3.57. The van der Waals surface area contributed by atoms with Crippen LogP contribution in [-0.2, 0) is 5.41 Å². The van der Waals surface area contributed by atoms with Crippen molar-refractivity contribution in [3.05, 3.63) is 29.8 Å². The lowest BCUT2D eigenvalue weighted by Gasteiger charge is -2.37. The van der Waals surface area contributed by atoms with Gasteiger partial charge in [0.1, 0.15) is 5.75 Å². The summed E-state index contributed by atoms with van der Waals surface area (Å²) in [6, 6.07) is 9.11. The second-order valence-corrected chi connectivity index (χ2v) is 5.11. The van der Waals surface area contributed by atoms with Gasteiger partial charge in [-0.05, 0) is 37.5 Å². The maximum atomic E-state index is 5.29. The second kappa shape index (κ2) is 4.46. The molecule has 2 atom stereocenters. The fourth-order valence-corrected chi connectivity index (χ4v) is 2.37. The largest absolute Gasteiger partial charge is 0.497 e. The molecule has 1 aromatic carbocycles. The predicted molar refractivity (Wildman–Crippen MR) is 67.0 cm³/mol. The average Bonchev–Trinajstić information content (AvgIpc) is 2.33. The minimum Gasteiger partial charge on any atom is -0.497 e. The number of benzene rings is 1. The van der Waals surface area contributed by atoms with Crippen molar-refractivity contribution >= 4 is 0 Å². The zero-order valence-corrected chi connectivity index (χ0v) is 10.4. The van der Waals surface area contributed by atoms with Crippen LogP contribution in [0.3, 0.4) is 0 Å². The Labute approximate surface area is 98.0 Å². The Morgan fingerprint density at radius 2 is 2.25 bits per heavy atom. The maximum absolute atomic E-state index is 5.29. The summed E-state index contributed by atoms with van der Waals surface area (Å²) >= 11 is 0. The molecule has 0 radical (unpaired) electrons. The van der Waals surface area contributed by atoms with E-state index in [0.717, 1.165) is 12.3 Å². The zero-order chi connectivity index (χ0) is 11.6. The van der Waals surface area contributed by atoms with E-state index in [1.807, 2.05) is 6.07 Å². The molecule has 0 spiro atoms. The highest BCUT2D eigenvalue weighted by Crippen LogP contribution is 2.33. The molecule has 0 unspecified atom stereocenters. The highest BCUT2D eigenvalue weighted by atomic mass is 16.5. The Morgan fingerprint density at radius 3 is 2.88 bits per heavy atom. The minimum absolute atomic E-state index is 0.251. The van der Waals surface area contributed by atoms with Crippen LogP contribution in [0.15, 0.2) is 24.3 Å². The highest BCUT2D eigenvalue weighted by Gasteiger charge is 2.31. The molecule has 1 aliphatic heterocycles. The molecule has 0 aliphatic carbocycles. The fourth-order valence-electron chi connectivity index (χ4n) is 2.37. The van der Waals surface area contributed by atoms with Crippen LogP contribution in [0.4, 0.5) is 0 Å². The van der Waals surface area contributed by atoms with Crippen molar-refractivity contribution in [2.75, 3.05) is 13.7 Å². The van der Waals surface area contributed by atoms with Gasteiger partial charge in [0.05, 0.1) is 7.11 Å². The number of rotatable bonds is 2. The summed E-state index contributed by atoms with van der Waals surface area (Å²) in [7, 11) is 1.72. The molecule has 0 aromatic heterocycles. The summed E-state index contributed by atoms with van der Waals surface area (Å²) in [6.07, 6.45) is 2.49. The van der Waals surface area contributed by atoms with Crippen LogP contribution in [0, 0.1) is 0 Å². The van der Waals surface area contributed by atoms with Gasteiger partial charge in [-0.1, -0.05) is 19.1 Å². The summed E-state index contributed by atoms with van der Waals surface area (Å²) in [6.45, 7) is 5.65. The lowest BCUT2D eigenvalue weighted by Crippen LogP contribution is -2.45. The molecule has 0 saturated carbocycles. The molecule has 1 saturated heterocycles. The molecule has 88 valence electrons. The van der Waals surface area contributed by atoms with E-state index in [4.69, 9.17) is 4.74 Å². The first-order valence-corrected chi connectivity index (χ1v) is 6.02. The van der Waals surface area contributed by atoms with Crippen molar-refractivity contribution in [3.63, 3.8) is 0 Å². The Kier molecular flexibility index (Phi) is 3.20. The number of ether oxygens (including phenoxy) is 1. The molecular weight excluding hydrogens is 198 g/mol. The Balaban J connectivity index is 2.21. The van der Waals surface area contributed by atoms with Gasteiger partial charge in [-0.2, -0.15) is 0 Å². The smallest absolute Gasteiger partial charge is 0.119 e. The van der Waals surface area contributed by atoms with E-state index in [2.05, 4.69) is 37.4 Å². The van der Waals surface area contributed by atoms with E-state index in [0.29, 0.717) is 6.04 Å². The predicted octanol–water partition coefficient (Wildman–Crippen LogP) is 2.72. The first-order valence-electron chi connectivity index (χ1n) is 6.02. The van der Waals surface area contributed by atoms with Gasteiger partial charge in [0.2, 0.25) is 0 Å². The van der Waals surface area contributed by atoms with Crippen LogP contribution < -0.4 is 10.1 Å². The van der Waals surface area contributed by atoms with Gasteiger partial charge in [-0.25, -0.2) is 0 Å². The number of hydrogen-bond acceptors (Lipinski definition) is 2. The van der Waals surface area contributed by atoms with Crippen LogP contribution in [0.5, 0.6) is 5.75 Å². The number of nitrogens with one attached hydrogen (secondary N) is 1. The van der Waals surface area contributed by atoms with Crippen molar-refractivity contribution in [2.24, 2.45) is 0 Å². The summed E-state index contributed by atoms with van der Waals surface area (Å²) in [5.74, 6) is 0.956. The SMILES string of the molecule is COc1cccc([C@]2(C)CC[C@@H](C)NC2)c1. The Bertz CT molecular complexity index is 354. The van der Waals surface area contributed by atoms with Gasteiger partial charge in [-0.15, -0.1) is 0 Å². The van der Waals surface area contributed by atoms with E-state index < -0.39 is 0 Å². The van der Waals surface area contributed by atoms with Gasteiger partial charge in [-0.3, -0.25) is 0 Å².